The van der Waals surface area contributed by atoms with Crippen LogP contribution in [0, 0.1) is 6.92 Å². The molecule has 0 spiro atoms. The van der Waals surface area contributed by atoms with Crippen molar-refractivity contribution in [3.63, 3.8) is 0 Å². The topological polar surface area (TPSA) is 54.7 Å². The zero-order valence-electron chi connectivity index (χ0n) is 7.45. The molecule has 0 aliphatic rings. The minimum atomic E-state index is 0.749. The van der Waals surface area contributed by atoms with Crippen LogP contribution in [0.4, 0.5) is 0 Å². The summed E-state index contributed by atoms with van der Waals surface area (Å²) in [7, 11) is 0. The number of thioether (sulfide) groups is 1. The van der Waals surface area contributed by atoms with Crippen LogP contribution in [0.25, 0.3) is 0 Å². The van der Waals surface area contributed by atoms with Gasteiger partial charge in [0.2, 0.25) is 5.16 Å². The third-order valence-corrected chi connectivity index (χ3v) is 2.90. The second-order valence-corrected chi connectivity index (χ2v) is 4.48. The first-order valence-electron chi connectivity index (χ1n) is 3.99. The third kappa shape index (κ3) is 2.39. The molecular weight excluding hydrogens is 266 g/mol. The number of hydrogen-bond donors (Lipinski definition) is 1. The van der Waals surface area contributed by atoms with Crippen LogP contribution in [0.5, 0.6) is 0 Å². The Labute approximate surface area is 93.6 Å². The number of rotatable bonds is 3. The molecule has 6 heteroatoms. The van der Waals surface area contributed by atoms with Crippen LogP contribution >= 0.6 is 27.7 Å². The number of furan rings is 1. The lowest BCUT2D eigenvalue weighted by Crippen LogP contribution is -1.78. The highest BCUT2D eigenvalue weighted by Gasteiger charge is 2.03. The fourth-order valence-corrected chi connectivity index (χ4v) is 2.10. The molecule has 0 aromatic carbocycles. The molecule has 0 aliphatic carbocycles. The molecule has 14 heavy (non-hydrogen) atoms. The number of aromatic nitrogens is 3. The number of aromatic amines is 1. The van der Waals surface area contributed by atoms with Gasteiger partial charge in [-0.15, -0.1) is 5.10 Å². The highest BCUT2D eigenvalue weighted by Crippen LogP contribution is 2.22. The minimum Gasteiger partial charge on any atom is -0.457 e. The zero-order valence-corrected chi connectivity index (χ0v) is 9.85. The lowest BCUT2D eigenvalue weighted by Gasteiger charge is -1.90. The van der Waals surface area contributed by atoms with Crippen molar-refractivity contribution in [2.45, 2.75) is 17.8 Å². The Kier molecular flexibility index (Phi) is 2.93. The number of H-pyrrole nitrogens is 1. The van der Waals surface area contributed by atoms with Crippen molar-refractivity contribution >= 4 is 27.7 Å². The molecule has 74 valence electrons. The van der Waals surface area contributed by atoms with E-state index in [1.807, 2.05) is 13.0 Å². The zero-order chi connectivity index (χ0) is 9.97. The van der Waals surface area contributed by atoms with E-state index >= 15 is 0 Å². The number of halogens is 1. The summed E-state index contributed by atoms with van der Waals surface area (Å²) < 4.78 is 5.86. The molecule has 0 fully saturated rings. The molecular formula is C8H8BrN3OS. The summed E-state index contributed by atoms with van der Waals surface area (Å²) in [6.45, 7) is 1.88. The average Bonchev–Trinajstić information content (AvgIpc) is 2.72. The molecule has 2 aromatic heterocycles. The van der Waals surface area contributed by atoms with Crippen LogP contribution in [-0.2, 0) is 5.75 Å². The van der Waals surface area contributed by atoms with Gasteiger partial charge in [0.25, 0.3) is 0 Å². The van der Waals surface area contributed by atoms with Gasteiger partial charge in [0, 0.05) is 11.3 Å². The van der Waals surface area contributed by atoms with Gasteiger partial charge in [-0.25, -0.2) is 4.98 Å². The van der Waals surface area contributed by atoms with Gasteiger partial charge in [0.1, 0.15) is 5.82 Å². The predicted molar refractivity (Wildman–Crippen MR) is 57.1 cm³/mol. The average molecular weight is 274 g/mol. The van der Waals surface area contributed by atoms with Crippen molar-refractivity contribution in [1.82, 2.24) is 15.2 Å². The highest BCUT2D eigenvalue weighted by molar-refractivity contribution is 9.10. The molecule has 0 amide bonds. The Morgan fingerprint density at radius 1 is 1.64 bits per heavy atom. The molecule has 0 saturated heterocycles. The smallest absolute Gasteiger partial charge is 0.208 e. The second kappa shape index (κ2) is 4.18. The summed E-state index contributed by atoms with van der Waals surface area (Å²) in [6.07, 6.45) is 1.72. The van der Waals surface area contributed by atoms with Crippen molar-refractivity contribution in [3.05, 3.63) is 28.4 Å². The third-order valence-electron chi connectivity index (χ3n) is 1.57. The van der Waals surface area contributed by atoms with Gasteiger partial charge in [-0.05, 0) is 28.9 Å². The molecule has 0 atom stereocenters. The maximum atomic E-state index is 5.11. The largest absolute Gasteiger partial charge is 0.457 e. The fraction of sp³-hybridized carbons (Fsp3) is 0.250. The fourth-order valence-electron chi connectivity index (χ4n) is 0.956. The molecule has 0 bridgehead atoms. The van der Waals surface area contributed by atoms with Crippen LogP contribution in [-0.4, -0.2) is 15.2 Å². The van der Waals surface area contributed by atoms with Crippen LogP contribution in [0.3, 0.4) is 0 Å². The predicted octanol–water partition coefficient (Wildman–Crippen LogP) is 2.76. The van der Waals surface area contributed by atoms with Crippen molar-refractivity contribution in [1.29, 1.82) is 0 Å². The lowest BCUT2D eigenvalue weighted by atomic mass is 10.4. The quantitative estimate of drug-likeness (QED) is 0.874. The van der Waals surface area contributed by atoms with E-state index in [0.29, 0.717) is 0 Å². The first kappa shape index (κ1) is 9.79. The Morgan fingerprint density at radius 2 is 2.50 bits per heavy atom. The summed E-state index contributed by atoms with van der Waals surface area (Å²) in [5, 5.41) is 7.58. The van der Waals surface area contributed by atoms with E-state index in [2.05, 4.69) is 31.1 Å². The van der Waals surface area contributed by atoms with E-state index in [0.717, 1.165) is 27.0 Å². The van der Waals surface area contributed by atoms with Gasteiger partial charge in [-0.1, -0.05) is 11.8 Å². The molecule has 2 rings (SSSR count). The van der Waals surface area contributed by atoms with Gasteiger partial charge in [0.05, 0.1) is 6.26 Å². The van der Waals surface area contributed by atoms with E-state index in [1.54, 1.807) is 18.0 Å². The Bertz CT molecular complexity index is 385. The monoisotopic (exact) mass is 273 g/mol. The molecule has 2 aromatic rings. The van der Waals surface area contributed by atoms with Crippen LogP contribution in [0.2, 0.25) is 0 Å². The Morgan fingerprint density at radius 3 is 3.07 bits per heavy atom. The molecule has 0 aliphatic heterocycles. The SMILES string of the molecule is Cc1nc(SCc2coc(Br)c2)n[nH]1. The first-order chi connectivity index (χ1) is 6.74. The molecule has 4 nitrogen and oxygen atoms in total. The summed E-state index contributed by atoms with van der Waals surface area (Å²) in [4.78, 5) is 4.19. The normalized spacial score (nSPS) is 10.7. The number of nitrogens with zero attached hydrogens (tertiary/aromatic N) is 2. The molecule has 0 unspecified atom stereocenters. The number of hydrogen-bond acceptors (Lipinski definition) is 4. The van der Waals surface area contributed by atoms with E-state index < -0.39 is 0 Å². The summed E-state index contributed by atoms with van der Waals surface area (Å²) in [5.74, 6) is 1.65. The lowest BCUT2D eigenvalue weighted by molar-refractivity contribution is 0.539. The molecule has 0 radical (unpaired) electrons. The number of nitrogens with one attached hydrogen (secondary N) is 1. The summed E-state index contributed by atoms with van der Waals surface area (Å²) in [5.41, 5.74) is 1.12. The van der Waals surface area contributed by atoms with Gasteiger partial charge in [-0.3, -0.25) is 5.10 Å². The van der Waals surface area contributed by atoms with E-state index in [-0.39, 0.29) is 0 Å². The highest BCUT2D eigenvalue weighted by atomic mass is 79.9. The number of aryl methyl sites for hydroxylation is 1. The second-order valence-electron chi connectivity index (χ2n) is 2.75. The van der Waals surface area contributed by atoms with Gasteiger partial charge < -0.3 is 4.42 Å². The van der Waals surface area contributed by atoms with Crippen molar-refractivity contribution in [2.75, 3.05) is 0 Å². The van der Waals surface area contributed by atoms with Gasteiger partial charge >= 0.3 is 0 Å². The van der Waals surface area contributed by atoms with Crippen molar-refractivity contribution < 1.29 is 4.42 Å². The van der Waals surface area contributed by atoms with Crippen LogP contribution < -0.4 is 0 Å². The van der Waals surface area contributed by atoms with Gasteiger partial charge in [-0.2, -0.15) is 0 Å². The maximum Gasteiger partial charge on any atom is 0.208 e. The summed E-state index contributed by atoms with van der Waals surface area (Å²) in [6, 6.07) is 1.94. The summed E-state index contributed by atoms with van der Waals surface area (Å²) >= 11 is 4.82. The van der Waals surface area contributed by atoms with E-state index in [4.69, 9.17) is 4.42 Å². The van der Waals surface area contributed by atoms with Crippen molar-refractivity contribution in [3.8, 4) is 0 Å². The maximum absolute atomic E-state index is 5.11. The van der Waals surface area contributed by atoms with E-state index in [1.165, 1.54) is 0 Å². The molecule has 0 saturated carbocycles. The van der Waals surface area contributed by atoms with Crippen molar-refractivity contribution in [2.24, 2.45) is 0 Å². The standard InChI is InChI=1S/C8H8BrN3OS/c1-5-10-8(12-11-5)14-4-6-2-7(9)13-3-6/h2-3H,4H2,1H3,(H,10,11,12). The molecule has 2 heterocycles. The Balaban J connectivity index is 1.94. The van der Waals surface area contributed by atoms with Crippen LogP contribution in [0.15, 0.2) is 26.6 Å². The van der Waals surface area contributed by atoms with Crippen LogP contribution in [0.1, 0.15) is 11.4 Å². The van der Waals surface area contributed by atoms with Gasteiger partial charge in [0.15, 0.2) is 4.67 Å². The minimum absolute atomic E-state index is 0.749. The van der Waals surface area contributed by atoms with E-state index in [9.17, 15) is 0 Å². The molecule has 1 N–H and O–H groups in total. The first-order valence-corrected chi connectivity index (χ1v) is 5.76. The Hall–Kier alpha value is -0.750.